The summed E-state index contributed by atoms with van der Waals surface area (Å²) in [4.78, 5) is 25.2. The molecule has 1 aromatic carbocycles. The molecule has 1 fully saturated rings. The van der Waals surface area contributed by atoms with Crippen molar-refractivity contribution in [1.82, 2.24) is 15.1 Å². The number of hydrogen-bond acceptors (Lipinski definition) is 4. The summed E-state index contributed by atoms with van der Waals surface area (Å²) in [6, 6.07) is 5.42. The first kappa shape index (κ1) is 23.7. The molecular weight excluding hydrogens is 463 g/mol. The Hall–Kier alpha value is -3.04. The van der Waals surface area contributed by atoms with Crippen molar-refractivity contribution < 1.29 is 32.6 Å². The maximum atomic E-state index is 13.2. The lowest BCUT2D eigenvalue weighted by molar-refractivity contribution is -0.136. The summed E-state index contributed by atoms with van der Waals surface area (Å²) in [5.41, 5.74) is 1.80. The predicted molar refractivity (Wildman–Crippen MR) is 120 cm³/mol. The van der Waals surface area contributed by atoms with Crippen molar-refractivity contribution in [2.75, 3.05) is 6.61 Å². The Morgan fingerprint density at radius 1 is 1.31 bits per heavy atom. The van der Waals surface area contributed by atoms with Gasteiger partial charge in [0.05, 0.1) is 23.4 Å². The molecule has 1 atom stereocenters. The van der Waals surface area contributed by atoms with Crippen LogP contribution in [-0.2, 0) is 24.9 Å². The molecule has 5 rings (SSSR count). The molecule has 2 heterocycles. The van der Waals surface area contributed by atoms with E-state index in [2.05, 4.69) is 10.4 Å². The maximum absolute atomic E-state index is 13.2. The van der Waals surface area contributed by atoms with E-state index in [0.717, 1.165) is 43.2 Å². The monoisotopic (exact) mass is 491 g/mol. The zero-order chi connectivity index (χ0) is 24.8. The Kier molecular flexibility index (Phi) is 6.01. The lowest BCUT2D eigenvalue weighted by Gasteiger charge is -2.42. The van der Waals surface area contributed by atoms with Gasteiger partial charge in [-0.05, 0) is 61.3 Å². The van der Waals surface area contributed by atoms with E-state index in [1.54, 1.807) is 6.07 Å². The lowest BCUT2D eigenvalue weighted by Crippen LogP contribution is -2.53. The van der Waals surface area contributed by atoms with E-state index in [9.17, 15) is 27.9 Å². The number of aromatic carboxylic acids is 1. The van der Waals surface area contributed by atoms with E-state index >= 15 is 0 Å². The van der Waals surface area contributed by atoms with Gasteiger partial charge in [-0.25, -0.2) is 4.79 Å². The summed E-state index contributed by atoms with van der Waals surface area (Å²) in [5, 5.41) is 17.5. The van der Waals surface area contributed by atoms with Crippen molar-refractivity contribution >= 4 is 11.9 Å². The number of ether oxygens (including phenoxy) is 1. The van der Waals surface area contributed by atoms with Crippen LogP contribution in [0.3, 0.4) is 0 Å². The highest BCUT2D eigenvalue weighted by Gasteiger charge is 2.46. The third-order valence-corrected chi connectivity index (χ3v) is 7.24. The smallest absolute Gasteiger partial charge is 0.389 e. The average Bonchev–Trinajstić information content (AvgIpc) is 3.54. The first-order chi connectivity index (χ1) is 16.7. The van der Waals surface area contributed by atoms with Crippen LogP contribution in [0.15, 0.2) is 18.2 Å². The van der Waals surface area contributed by atoms with E-state index in [1.165, 1.54) is 4.68 Å². The zero-order valence-corrected chi connectivity index (χ0v) is 19.3. The molecule has 1 spiro atoms. The molecule has 3 aliphatic rings. The van der Waals surface area contributed by atoms with Crippen LogP contribution in [0.5, 0.6) is 5.75 Å². The number of nitrogens with zero attached hydrogens (tertiary/aromatic N) is 2. The summed E-state index contributed by atoms with van der Waals surface area (Å²) in [6.45, 7) is 0.449. The molecule has 2 aliphatic carbocycles. The number of carboxylic acid groups (broad SMARTS) is 1. The van der Waals surface area contributed by atoms with E-state index in [-0.39, 0.29) is 24.3 Å². The SMILES string of the molecule is O=C1N[C@@]2(CCCc3cc(OCCCC(F)(F)F)ccc32)Cc2nn(CCC3CC3)c(C(=O)O)c21. The Morgan fingerprint density at radius 2 is 2.11 bits per heavy atom. The van der Waals surface area contributed by atoms with Gasteiger partial charge in [0.1, 0.15) is 5.75 Å². The molecule has 188 valence electrons. The van der Waals surface area contributed by atoms with Gasteiger partial charge in [0.25, 0.3) is 5.91 Å². The Morgan fingerprint density at radius 3 is 2.83 bits per heavy atom. The molecule has 1 aliphatic heterocycles. The van der Waals surface area contributed by atoms with Gasteiger partial charge in [-0.15, -0.1) is 0 Å². The fourth-order valence-corrected chi connectivity index (χ4v) is 5.40. The second kappa shape index (κ2) is 8.87. The first-order valence-electron chi connectivity index (χ1n) is 12.1. The van der Waals surface area contributed by atoms with E-state index in [1.807, 2.05) is 12.1 Å². The number of halogens is 3. The number of fused-ring (bicyclic) bond motifs is 3. The number of hydrogen-bond donors (Lipinski definition) is 2. The van der Waals surface area contributed by atoms with Crippen molar-refractivity contribution in [1.29, 1.82) is 0 Å². The van der Waals surface area contributed by atoms with Crippen molar-refractivity contribution in [2.24, 2.45) is 5.92 Å². The minimum absolute atomic E-state index is 0.0280. The van der Waals surface area contributed by atoms with Gasteiger partial charge in [-0.1, -0.05) is 18.9 Å². The molecule has 1 amide bonds. The second-order valence-electron chi connectivity index (χ2n) is 9.88. The summed E-state index contributed by atoms with van der Waals surface area (Å²) in [5.74, 6) is -0.477. The normalized spacial score (nSPS) is 21.4. The van der Waals surface area contributed by atoms with Crippen molar-refractivity contribution in [3.05, 3.63) is 46.3 Å². The average molecular weight is 492 g/mol. The first-order valence-corrected chi connectivity index (χ1v) is 12.1. The summed E-state index contributed by atoms with van der Waals surface area (Å²) in [7, 11) is 0. The van der Waals surface area contributed by atoms with Crippen LogP contribution < -0.4 is 10.1 Å². The highest BCUT2D eigenvalue weighted by Crippen LogP contribution is 2.42. The molecule has 0 unspecified atom stereocenters. The van der Waals surface area contributed by atoms with Gasteiger partial charge < -0.3 is 15.2 Å². The van der Waals surface area contributed by atoms with Crippen molar-refractivity contribution in [2.45, 2.75) is 76.0 Å². The number of carboxylic acids is 1. The van der Waals surface area contributed by atoms with Crippen LogP contribution in [0.25, 0.3) is 0 Å². The molecule has 10 heteroatoms. The largest absolute Gasteiger partial charge is 0.494 e. The van der Waals surface area contributed by atoms with Crippen LogP contribution in [-0.4, -0.2) is 39.5 Å². The number of nitrogens with one attached hydrogen (secondary N) is 1. The summed E-state index contributed by atoms with van der Waals surface area (Å²) in [6.07, 6.45) is 0.592. The summed E-state index contributed by atoms with van der Waals surface area (Å²) < 4.78 is 44.1. The highest BCUT2D eigenvalue weighted by molar-refractivity contribution is 6.06. The van der Waals surface area contributed by atoms with Crippen molar-refractivity contribution in [3.8, 4) is 5.75 Å². The quantitative estimate of drug-likeness (QED) is 0.526. The molecule has 1 saturated carbocycles. The van der Waals surface area contributed by atoms with Gasteiger partial charge in [-0.2, -0.15) is 18.3 Å². The van der Waals surface area contributed by atoms with Gasteiger partial charge in [0.15, 0.2) is 5.69 Å². The minimum Gasteiger partial charge on any atom is -0.494 e. The third kappa shape index (κ3) is 4.88. The maximum Gasteiger partial charge on any atom is 0.389 e. The van der Waals surface area contributed by atoms with Crippen LogP contribution in [0, 0.1) is 5.92 Å². The van der Waals surface area contributed by atoms with Crippen LogP contribution in [0.2, 0.25) is 0 Å². The highest BCUT2D eigenvalue weighted by atomic mass is 19.4. The zero-order valence-electron chi connectivity index (χ0n) is 19.3. The molecule has 35 heavy (non-hydrogen) atoms. The van der Waals surface area contributed by atoms with Gasteiger partial charge in [0, 0.05) is 19.4 Å². The van der Waals surface area contributed by atoms with Crippen LogP contribution in [0.1, 0.15) is 82.6 Å². The standard InChI is InChI=1S/C25H28F3N3O4/c26-25(27,28)10-2-12-35-17-6-7-18-16(13-17)3-1-9-24(18)14-19-20(22(32)29-24)21(23(33)34)31(30-19)11-8-15-4-5-15/h6-7,13,15H,1-5,8-12,14H2,(H,29,32)(H,33,34)/t24-/m0/s1. The molecule has 2 aromatic rings. The molecule has 7 nitrogen and oxygen atoms in total. The molecule has 2 N–H and O–H groups in total. The Labute approximate surface area is 200 Å². The van der Waals surface area contributed by atoms with Crippen LogP contribution in [0.4, 0.5) is 13.2 Å². The summed E-state index contributed by atoms with van der Waals surface area (Å²) >= 11 is 0. The van der Waals surface area contributed by atoms with E-state index in [0.29, 0.717) is 36.7 Å². The van der Waals surface area contributed by atoms with Gasteiger partial charge >= 0.3 is 12.1 Å². The molecule has 0 radical (unpaired) electrons. The molecule has 0 saturated heterocycles. The number of amides is 1. The van der Waals surface area contributed by atoms with Crippen molar-refractivity contribution in [3.63, 3.8) is 0 Å². The Balaban J connectivity index is 1.38. The van der Waals surface area contributed by atoms with E-state index < -0.39 is 30.0 Å². The minimum atomic E-state index is -4.20. The van der Waals surface area contributed by atoms with Crippen LogP contribution >= 0.6 is 0 Å². The van der Waals surface area contributed by atoms with Gasteiger partial charge in [-0.3, -0.25) is 9.48 Å². The fraction of sp³-hybridized carbons (Fsp3) is 0.560. The number of aryl methyl sites for hydroxylation is 2. The van der Waals surface area contributed by atoms with E-state index in [4.69, 9.17) is 4.74 Å². The third-order valence-electron chi connectivity index (χ3n) is 7.24. The predicted octanol–water partition coefficient (Wildman–Crippen LogP) is 4.62. The molecular formula is C25H28F3N3O4. The number of aromatic nitrogens is 2. The number of benzene rings is 1. The Bertz CT molecular complexity index is 1160. The lowest BCUT2D eigenvalue weighted by atomic mass is 9.71. The fourth-order valence-electron chi connectivity index (χ4n) is 5.40. The number of carbonyl (C=O) groups is 2. The molecule has 1 aromatic heterocycles. The topological polar surface area (TPSA) is 93.5 Å². The second-order valence-corrected chi connectivity index (χ2v) is 9.88. The number of alkyl halides is 3. The number of carbonyl (C=O) groups excluding carboxylic acids is 1. The van der Waals surface area contributed by atoms with Gasteiger partial charge in [0.2, 0.25) is 0 Å². The molecule has 0 bridgehead atoms. The number of rotatable bonds is 8.